The smallest absolute Gasteiger partial charge is 0.181 e. The maximum atomic E-state index is 14.2. The van der Waals surface area contributed by atoms with Gasteiger partial charge in [-0.15, -0.1) is 0 Å². The van der Waals surface area contributed by atoms with E-state index in [-0.39, 0.29) is 27.6 Å². The lowest BCUT2D eigenvalue weighted by atomic mass is 10.0. The molecule has 0 aliphatic rings. The zero-order valence-corrected chi connectivity index (χ0v) is 12.9. The largest absolute Gasteiger partial charge is 0.362 e. The molecule has 0 N–H and O–H groups in total. The summed E-state index contributed by atoms with van der Waals surface area (Å²) in [6, 6.07) is 1.18. The van der Waals surface area contributed by atoms with Crippen molar-refractivity contribution in [3.05, 3.63) is 47.0 Å². The predicted octanol–water partition coefficient (Wildman–Crippen LogP) is 3.83. The molecule has 3 aromatic rings. The van der Waals surface area contributed by atoms with Gasteiger partial charge in [0.25, 0.3) is 0 Å². The SMILES string of the molecule is CN(C)c1nc2nccnc2c(Cl)c1-c1c(F)cc(F)cc1F. The van der Waals surface area contributed by atoms with Gasteiger partial charge in [-0.05, 0) is 0 Å². The van der Waals surface area contributed by atoms with Gasteiger partial charge in [-0.1, -0.05) is 11.6 Å². The first-order valence-electron chi connectivity index (χ1n) is 6.52. The van der Waals surface area contributed by atoms with E-state index in [1.165, 1.54) is 17.3 Å². The number of aromatic nitrogens is 3. The van der Waals surface area contributed by atoms with Gasteiger partial charge < -0.3 is 4.90 Å². The van der Waals surface area contributed by atoms with Gasteiger partial charge >= 0.3 is 0 Å². The Hall–Kier alpha value is -2.41. The lowest BCUT2D eigenvalue weighted by molar-refractivity contribution is 0.548. The van der Waals surface area contributed by atoms with E-state index in [0.717, 1.165) is 0 Å². The van der Waals surface area contributed by atoms with Crippen LogP contribution in [0.4, 0.5) is 19.0 Å². The summed E-state index contributed by atoms with van der Waals surface area (Å²) in [6.07, 6.45) is 2.83. The van der Waals surface area contributed by atoms with Crippen molar-refractivity contribution in [3.8, 4) is 11.1 Å². The summed E-state index contributed by atoms with van der Waals surface area (Å²) in [7, 11) is 3.29. The van der Waals surface area contributed by atoms with Crippen LogP contribution in [0.25, 0.3) is 22.3 Å². The van der Waals surface area contributed by atoms with Gasteiger partial charge in [0.1, 0.15) is 28.8 Å². The van der Waals surface area contributed by atoms with Gasteiger partial charge in [-0.25, -0.2) is 28.1 Å². The van der Waals surface area contributed by atoms with E-state index < -0.39 is 23.0 Å². The summed E-state index contributed by atoms with van der Waals surface area (Å²) in [4.78, 5) is 13.9. The second-order valence-corrected chi connectivity index (χ2v) is 5.37. The lowest BCUT2D eigenvalue weighted by Crippen LogP contribution is -2.14. The number of anilines is 1. The Balaban J connectivity index is 2.45. The quantitative estimate of drug-likeness (QED) is 0.712. The summed E-state index contributed by atoms with van der Waals surface area (Å²) >= 11 is 6.31. The van der Waals surface area contributed by atoms with Crippen LogP contribution in [0.15, 0.2) is 24.5 Å². The molecule has 0 spiro atoms. The number of nitrogens with zero attached hydrogens (tertiary/aromatic N) is 4. The molecular weight excluding hydrogens is 329 g/mol. The van der Waals surface area contributed by atoms with Crippen molar-refractivity contribution in [2.75, 3.05) is 19.0 Å². The molecule has 0 unspecified atom stereocenters. The van der Waals surface area contributed by atoms with Crippen LogP contribution in [0, 0.1) is 17.5 Å². The summed E-state index contributed by atoms with van der Waals surface area (Å²) in [5.41, 5.74) is -0.00871. The van der Waals surface area contributed by atoms with Crippen molar-refractivity contribution >= 4 is 28.6 Å². The zero-order chi connectivity index (χ0) is 16.7. The molecule has 8 heteroatoms. The highest BCUT2D eigenvalue weighted by Gasteiger charge is 2.24. The molecule has 0 saturated heterocycles. The molecule has 0 amide bonds. The van der Waals surface area contributed by atoms with Crippen molar-refractivity contribution in [3.63, 3.8) is 0 Å². The summed E-state index contributed by atoms with van der Waals surface area (Å²) in [5.74, 6) is -2.96. The van der Waals surface area contributed by atoms with Crippen molar-refractivity contribution in [1.82, 2.24) is 15.0 Å². The standard InChI is InChI=1S/C15H10ClF3N4/c1-23(2)15-11(10-8(18)5-7(17)6-9(10)19)12(16)13-14(22-15)21-4-3-20-13/h3-6H,1-2H3. The molecule has 2 aromatic heterocycles. The highest BCUT2D eigenvalue weighted by Crippen LogP contribution is 2.40. The Labute approximate surface area is 134 Å². The maximum Gasteiger partial charge on any atom is 0.181 e. The molecule has 0 aliphatic carbocycles. The van der Waals surface area contributed by atoms with E-state index in [1.807, 2.05) is 0 Å². The van der Waals surface area contributed by atoms with Crippen molar-refractivity contribution in [1.29, 1.82) is 0 Å². The average Bonchev–Trinajstić information content (AvgIpc) is 2.48. The fraction of sp³-hybridized carbons (Fsp3) is 0.133. The van der Waals surface area contributed by atoms with E-state index in [0.29, 0.717) is 12.1 Å². The van der Waals surface area contributed by atoms with E-state index in [1.54, 1.807) is 14.1 Å². The molecule has 1 aromatic carbocycles. The molecule has 118 valence electrons. The van der Waals surface area contributed by atoms with Gasteiger partial charge in [-0.3, -0.25) is 0 Å². The Morgan fingerprint density at radius 3 is 2.17 bits per heavy atom. The monoisotopic (exact) mass is 338 g/mol. The number of benzene rings is 1. The molecule has 0 aliphatic heterocycles. The predicted molar refractivity (Wildman–Crippen MR) is 82.0 cm³/mol. The minimum Gasteiger partial charge on any atom is -0.362 e. The highest BCUT2D eigenvalue weighted by molar-refractivity contribution is 6.38. The van der Waals surface area contributed by atoms with Crippen LogP contribution in [-0.4, -0.2) is 29.0 Å². The Kier molecular flexibility index (Phi) is 3.81. The normalized spacial score (nSPS) is 11.0. The van der Waals surface area contributed by atoms with Crippen molar-refractivity contribution < 1.29 is 13.2 Å². The second kappa shape index (κ2) is 5.66. The number of halogens is 4. The molecule has 0 bridgehead atoms. The van der Waals surface area contributed by atoms with Crippen LogP contribution in [0.5, 0.6) is 0 Å². The number of hydrogen-bond donors (Lipinski definition) is 0. The molecule has 0 fully saturated rings. The number of hydrogen-bond acceptors (Lipinski definition) is 4. The molecule has 2 heterocycles. The first-order chi connectivity index (χ1) is 10.9. The van der Waals surface area contributed by atoms with Crippen LogP contribution in [0.3, 0.4) is 0 Å². The molecule has 0 radical (unpaired) electrons. The van der Waals surface area contributed by atoms with Crippen LogP contribution >= 0.6 is 11.6 Å². The zero-order valence-electron chi connectivity index (χ0n) is 12.1. The van der Waals surface area contributed by atoms with E-state index in [2.05, 4.69) is 15.0 Å². The van der Waals surface area contributed by atoms with Gasteiger partial charge in [0, 0.05) is 38.6 Å². The first kappa shape index (κ1) is 15.5. The molecule has 4 nitrogen and oxygen atoms in total. The fourth-order valence-corrected chi connectivity index (χ4v) is 2.58. The van der Waals surface area contributed by atoms with Gasteiger partial charge in [0.15, 0.2) is 5.65 Å². The van der Waals surface area contributed by atoms with Crippen LogP contribution in [-0.2, 0) is 0 Å². The Morgan fingerprint density at radius 2 is 1.57 bits per heavy atom. The number of fused-ring (bicyclic) bond motifs is 1. The Bertz CT molecular complexity index is 892. The number of rotatable bonds is 2. The van der Waals surface area contributed by atoms with Crippen LogP contribution in [0.1, 0.15) is 0 Å². The molecule has 0 saturated carbocycles. The van der Waals surface area contributed by atoms with E-state index >= 15 is 0 Å². The van der Waals surface area contributed by atoms with Crippen LogP contribution < -0.4 is 4.90 Å². The van der Waals surface area contributed by atoms with Gasteiger partial charge in [-0.2, -0.15) is 0 Å². The summed E-state index contributed by atoms with van der Waals surface area (Å²) in [6.45, 7) is 0. The highest BCUT2D eigenvalue weighted by atomic mass is 35.5. The van der Waals surface area contributed by atoms with Crippen molar-refractivity contribution in [2.24, 2.45) is 0 Å². The fourth-order valence-electron chi connectivity index (χ4n) is 2.27. The third-order valence-electron chi connectivity index (χ3n) is 3.22. The lowest BCUT2D eigenvalue weighted by Gasteiger charge is -2.19. The molecule has 3 rings (SSSR count). The van der Waals surface area contributed by atoms with E-state index in [9.17, 15) is 13.2 Å². The summed E-state index contributed by atoms with van der Waals surface area (Å²) in [5, 5.41) is -0.00351. The average molecular weight is 339 g/mol. The van der Waals surface area contributed by atoms with Crippen LogP contribution in [0.2, 0.25) is 5.02 Å². The van der Waals surface area contributed by atoms with Gasteiger partial charge in [0.05, 0.1) is 16.1 Å². The minimum absolute atomic E-state index is 0.000309. The second-order valence-electron chi connectivity index (χ2n) is 4.99. The van der Waals surface area contributed by atoms with Crippen molar-refractivity contribution in [2.45, 2.75) is 0 Å². The first-order valence-corrected chi connectivity index (χ1v) is 6.90. The Morgan fingerprint density at radius 1 is 0.957 bits per heavy atom. The third kappa shape index (κ3) is 2.57. The maximum absolute atomic E-state index is 14.2. The molecule has 0 atom stereocenters. The molecule has 23 heavy (non-hydrogen) atoms. The molecular formula is C15H10ClF3N4. The van der Waals surface area contributed by atoms with Gasteiger partial charge in [0.2, 0.25) is 0 Å². The van der Waals surface area contributed by atoms with E-state index in [4.69, 9.17) is 11.6 Å². The minimum atomic E-state index is -1.07. The topological polar surface area (TPSA) is 41.9 Å². The summed E-state index contributed by atoms with van der Waals surface area (Å²) < 4.78 is 41.6. The third-order valence-corrected chi connectivity index (χ3v) is 3.59. The number of pyridine rings is 1.